The number of amides is 4. The Hall–Kier alpha value is -5.86. The van der Waals surface area contributed by atoms with Gasteiger partial charge in [0.25, 0.3) is 0 Å². The highest BCUT2D eigenvalue weighted by Gasteiger charge is 2.54. The van der Waals surface area contributed by atoms with Gasteiger partial charge in [0.05, 0.1) is 57.1 Å². The maximum atomic E-state index is 13.9. The summed E-state index contributed by atoms with van der Waals surface area (Å²) >= 11 is 0. The van der Waals surface area contributed by atoms with Crippen LogP contribution in [0.25, 0.3) is 33.6 Å². The molecule has 3 unspecified atom stereocenters. The lowest BCUT2D eigenvalue weighted by Crippen LogP contribution is -2.53. The Kier molecular flexibility index (Phi) is 11.8. The van der Waals surface area contributed by atoms with Crippen molar-refractivity contribution in [2.75, 3.05) is 27.9 Å². The number of rotatable bonds is 11. The number of nitrogens with one attached hydrogen (secondary N) is 4. The van der Waals surface area contributed by atoms with Crippen molar-refractivity contribution in [3.63, 3.8) is 0 Å². The lowest BCUT2D eigenvalue weighted by Gasteiger charge is -2.35. The normalized spacial score (nSPS) is 21.6. The van der Waals surface area contributed by atoms with E-state index in [1.807, 2.05) is 52.1 Å². The molecular formula is C43H54N8O7. The molecule has 2 saturated carbocycles. The number of ether oxygens (including phenoxy) is 3. The van der Waals surface area contributed by atoms with Crippen LogP contribution in [0.15, 0.2) is 54.9 Å². The summed E-state index contributed by atoms with van der Waals surface area (Å²) in [6, 6.07) is 13.1. The first-order valence-corrected chi connectivity index (χ1v) is 20.1. The summed E-state index contributed by atoms with van der Waals surface area (Å²) in [5, 5.41) is 4.10. The molecule has 7 rings (SSSR count). The fourth-order valence-corrected chi connectivity index (χ4v) is 9.21. The van der Waals surface area contributed by atoms with Crippen molar-refractivity contribution in [3.05, 3.63) is 66.5 Å². The second kappa shape index (κ2) is 16.9. The van der Waals surface area contributed by atoms with E-state index < -0.39 is 18.2 Å². The summed E-state index contributed by atoms with van der Waals surface area (Å²) in [7, 11) is 4.21. The highest BCUT2D eigenvalue weighted by atomic mass is 16.5. The Bertz CT molecular complexity index is 2130. The SMILES string of the molecule is COC(=O)N[C@H](C(=O)N1CCC[C@H]1c1ncc(-c2ccc(-c3ccc(-c4cnc([C@@H]5C6CCC(C6)C5C(=O)N(NC(=O)OC)C(C)C)[nH]4)cc3)cc2OC)[nH]1)C(C)C. The van der Waals surface area contributed by atoms with Crippen LogP contribution in [0, 0.1) is 23.7 Å². The van der Waals surface area contributed by atoms with Gasteiger partial charge in [0.1, 0.15) is 23.4 Å². The van der Waals surface area contributed by atoms with Crippen LogP contribution < -0.4 is 15.5 Å². The average Bonchev–Trinajstić information content (AvgIpc) is 4.09. The van der Waals surface area contributed by atoms with Crippen molar-refractivity contribution < 1.29 is 33.4 Å². The largest absolute Gasteiger partial charge is 0.496 e. The Morgan fingerprint density at radius 1 is 0.810 bits per heavy atom. The van der Waals surface area contributed by atoms with Gasteiger partial charge in [0.15, 0.2) is 0 Å². The van der Waals surface area contributed by atoms with Crippen molar-refractivity contribution in [1.29, 1.82) is 0 Å². The van der Waals surface area contributed by atoms with Crippen LogP contribution in [0.1, 0.15) is 83.4 Å². The van der Waals surface area contributed by atoms with Gasteiger partial charge in [-0.3, -0.25) is 9.59 Å². The highest BCUT2D eigenvalue weighted by molar-refractivity contribution is 5.86. The van der Waals surface area contributed by atoms with Crippen LogP contribution in [0.4, 0.5) is 9.59 Å². The van der Waals surface area contributed by atoms with E-state index in [0.29, 0.717) is 24.0 Å². The molecule has 3 fully saturated rings. The number of aromatic amines is 2. The molecule has 0 radical (unpaired) electrons. The standard InChI is InChI=1S/C43H54N8O7/c1-23(2)37(48-42(54)57-6)41(53)50-18-8-9-33(50)38-44-22-32(47-38)30-17-16-27(20-34(30)56-5)25-10-12-26(13-11-25)31-21-45-39(46-31)35-28-14-15-29(19-28)36(35)40(52)51(24(3)4)49-43(55)58-7/h10-13,16-17,20-24,28-29,33,35-37H,8-9,14-15,18-19H2,1-7H3,(H,44,47)(H,45,46)(H,48,54)(H,49,55)/t28?,29?,33-,35+,36?,37-/m0/s1. The number of fused-ring (bicyclic) bond motifs is 2. The van der Waals surface area contributed by atoms with Gasteiger partial charge in [-0.05, 0) is 92.5 Å². The number of hydrogen-bond acceptors (Lipinski definition) is 9. The summed E-state index contributed by atoms with van der Waals surface area (Å²) in [6.45, 7) is 8.11. The van der Waals surface area contributed by atoms with Crippen LogP contribution in [0.5, 0.6) is 5.75 Å². The molecule has 3 heterocycles. The molecule has 4 amide bonds. The maximum absolute atomic E-state index is 13.9. The van der Waals surface area contributed by atoms with E-state index in [2.05, 4.69) is 45.0 Å². The minimum atomic E-state index is -0.710. The minimum absolute atomic E-state index is 0.0657. The molecule has 308 valence electrons. The molecule has 15 nitrogen and oxygen atoms in total. The second-order valence-electron chi connectivity index (χ2n) is 16.2. The number of methoxy groups -OCH3 is 3. The van der Waals surface area contributed by atoms with E-state index in [9.17, 15) is 19.2 Å². The topological polar surface area (TPSA) is 184 Å². The van der Waals surface area contributed by atoms with Gasteiger partial charge in [-0.15, -0.1) is 0 Å². The second-order valence-corrected chi connectivity index (χ2v) is 16.2. The quantitative estimate of drug-likeness (QED) is 0.118. The summed E-state index contributed by atoms with van der Waals surface area (Å²) in [5.74, 6) is 2.00. The van der Waals surface area contributed by atoms with Crippen molar-refractivity contribution >= 4 is 24.0 Å². The third kappa shape index (κ3) is 7.86. The molecule has 2 aromatic heterocycles. The summed E-state index contributed by atoms with van der Waals surface area (Å²) < 4.78 is 15.4. The number of hydrazine groups is 1. The first-order valence-electron chi connectivity index (χ1n) is 20.1. The van der Waals surface area contributed by atoms with Crippen LogP contribution in [0.2, 0.25) is 0 Å². The Balaban J connectivity index is 1.06. The summed E-state index contributed by atoms with van der Waals surface area (Å²) in [5.41, 5.74) is 8.05. The lowest BCUT2D eigenvalue weighted by molar-refractivity contribution is -0.143. The number of imidazole rings is 2. The molecule has 58 heavy (non-hydrogen) atoms. The molecule has 1 aliphatic heterocycles. The van der Waals surface area contributed by atoms with Crippen molar-refractivity contribution in [3.8, 4) is 39.4 Å². The number of alkyl carbamates (subject to hydrolysis) is 1. The molecule has 2 aromatic carbocycles. The van der Waals surface area contributed by atoms with E-state index >= 15 is 0 Å². The predicted molar refractivity (Wildman–Crippen MR) is 216 cm³/mol. The Morgan fingerprint density at radius 3 is 2.16 bits per heavy atom. The lowest BCUT2D eigenvalue weighted by atomic mass is 9.78. The number of likely N-dealkylation sites (tertiary alicyclic amines) is 1. The van der Waals surface area contributed by atoms with Gasteiger partial charge in [0, 0.05) is 24.1 Å². The van der Waals surface area contributed by atoms with Gasteiger partial charge >= 0.3 is 12.2 Å². The molecule has 2 bridgehead atoms. The smallest absolute Gasteiger partial charge is 0.425 e. The molecule has 1 saturated heterocycles. The van der Waals surface area contributed by atoms with Crippen molar-refractivity contribution in [2.45, 2.75) is 83.8 Å². The van der Waals surface area contributed by atoms with E-state index in [-0.39, 0.29) is 47.6 Å². The molecule has 15 heteroatoms. The number of aromatic nitrogens is 4. The number of hydrogen-bond donors (Lipinski definition) is 4. The number of carbonyl (C=O) groups is 4. The van der Waals surface area contributed by atoms with Gasteiger partial charge < -0.3 is 34.4 Å². The van der Waals surface area contributed by atoms with Crippen LogP contribution in [-0.4, -0.2) is 93.8 Å². The summed E-state index contributed by atoms with van der Waals surface area (Å²) in [4.78, 5) is 70.0. The monoisotopic (exact) mass is 794 g/mol. The first-order chi connectivity index (χ1) is 27.9. The zero-order valence-corrected chi connectivity index (χ0v) is 34.2. The van der Waals surface area contributed by atoms with Crippen LogP contribution in [0.3, 0.4) is 0 Å². The van der Waals surface area contributed by atoms with E-state index in [1.54, 1.807) is 18.2 Å². The van der Waals surface area contributed by atoms with Gasteiger partial charge in [-0.1, -0.05) is 44.2 Å². The molecule has 4 aromatic rings. The molecule has 4 N–H and O–H groups in total. The number of benzene rings is 2. The molecular weight excluding hydrogens is 741 g/mol. The Morgan fingerprint density at radius 2 is 1.47 bits per heavy atom. The van der Waals surface area contributed by atoms with Gasteiger partial charge in [-0.25, -0.2) is 30.0 Å². The predicted octanol–water partition coefficient (Wildman–Crippen LogP) is 6.82. The zero-order chi connectivity index (χ0) is 41.2. The van der Waals surface area contributed by atoms with Crippen LogP contribution in [-0.2, 0) is 19.1 Å². The van der Waals surface area contributed by atoms with E-state index in [1.165, 1.54) is 19.2 Å². The third-order valence-corrected chi connectivity index (χ3v) is 12.1. The highest BCUT2D eigenvalue weighted by Crippen LogP contribution is 2.56. The third-order valence-electron chi connectivity index (χ3n) is 12.1. The maximum Gasteiger partial charge on any atom is 0.425 e. The number of H-pyrrole nitrogens is 2. The molecule has 3 aliphatic rings. The van der Waals surface area contributed by atoms with Crippen molar-refractivity contribution in [1.82, 2.24) is 40.6 Å². The fraction of sp³-hybridized carbons (Fsp3) is 0.488. The fourth-order valence-electron chi connectivity index (χ4n) is 9.21. The van der Waals surface area contributed by atoms with E-state index in [4.69, 9.17) is 24.2 Å². The Labute approximate surface area is 338 Å². The molecule has 2 aliphatic carbocycles. The minimum Gasteiger partial charge on any atom is -0.496 e. The first kappa shape index (κ1) is 40.3. The van der Waals surface area contributed by atoms with Gasteiger partial charge in [-0.2, -0.15) is 0 Å². The van der Waals surface area contributed by atoms with Crippen molar-refractivity contribution in [2.24, 2.45) is 23.7 Å². The number of nitrogens with zero attached hydrogens (tertiary/aromatic N) is 4. The van der Waals surface area contributed by atoms with Gasteiger partial charge in [0.2, 0.25) is 11.8 Å². The molecule has 6 atom stereocenters. The average molecular weight is 795 g/mol. The number of carbonyl (C=O) groups excluding carboxylic acids is 4. The summed E-state index contributed by atoms with van der Waals surface area (Å²) in [6.07, 6.45) is 6.89. The van der Waals surface area contributed by atoms with E-state index in [0.717, 1.165) is 71.6 Å². The van der Waals surface area contributed by atoms with Crippen LogP contribution >= 0.6 is 0 Å². The zero-order valence-electron chi connectivity index (χ0n) is 34.2. The molecule has 0 spiro atoms.